The number of thioether (sulfide) groups is 1. The summed E-state index contributed by atoms with van der Waals surface area (Å²) in [5.41, 5.74) is 2.10. The number of aryl methyl sites for hydroxylation is 3. The van der Waals surface area contributed by atoms with Gasteiger partial charge in [-0.05, 0) is 57.2 Å². The van der Waals surface area contributed by atoms with Gasteiger partial charge in [-0.3, -0.25) is 4.79 Å². The third kappa shape index (κ3) is 4.00. The van der Waals surface area contributed by atoms with E-state index < -0.39 is 0 Å². The molecule has 0 bridgehead atoms. The predicted molar refractivity (Wildman–Crippen MR) is 116 cm³/mol. The van der Waals surface area contributed by atoms with Crippen LogP contribution in [0.1, 0.15) is 36.0 Å². The lowest BCUT2D eigenvalue weighted by Gasteiger charge is -2.12. The molecule has 1 N–H and O–H groups in total. The highest BCUT2D eigenvalue weighted by Gasteiger charge is 2.21. The lowest BCUT2D eigenvalue weighted by Crippen LogP contribution is -2.15. The van der Waals surface area contributed by atoms with Gasteiger partial charge in [0.25, 0.3) is 0 Å². The van der Waals surface area contributed by atoms with Crippen LogP contribution >= 0.6 is 23.1 Å². The van der Waals surface area contributed by atoms with Crippen molar-refractivity contribution in [2.24, 2.45) is 0 Å². The lowest BCUT2D eigenvalue weighted by molar-refractivity contribution is -0.113. The first-order valence-corrected chi connectivity index (χ1v) is 11.4. The van der Waals surface area contributed by atoms with Crippen LogP contribution in [0.4, 0.5) is 5.69 Å². The number of amides is 1. The predicted octanol–water partition coefficient (Wildman–Crippen LogP) is 5.01. The summed E-state index contributed by atoms with van der Waals surface area (Å²) in [7, 11) is 0. The quantitative estimate of drug-likeness (QED) is 0.455. The summed E-state index contributed by atoms with van der Waals surface area (Å²) in [6.45, 7) is 4.41. The maximum Gasteiger partial charge on any atom is 0.234 e. The van der Waals surface area contributed by atoms with Crippen molar-refractivity contribution in [1.29, 1.82) is 0 Å². The highest BCUT2D eigenvalue weighted by molar-refractivity contribution is 8.00. The molecule has 0 atom stereocenters. The van der Waals surface area contributed by atoms with Crippen molar-refractivity contribution in [3.63, 3.8) is 0 Å². The number of aromatic nitrogens is 2. The van der Waals surface area contributed by atoms with Crippen molar-refractivity contribution in [1.82, 2.24) is 9.97 Å². The highest BCUT2D eigenvalue weighted by Crippen LogP contribution is 2.39. The van der Waals surface area contributed by atoms with E-state index in [1.807, 2.05) is 38.1 Å². The van der Waals surface area contributed by atoms with Crippen LogP contribution in [-0.4, -0.2) is 28.2 Å². The van der Waals surface area contributed by atoms with E-state index in [1.54, 1.807) is 11.3 Å². The Morgan fingerprint density at radius 3 is 2.93 bits per heavy atom. The summed E-state index contributed by atoms with van der Waals surface area (Å²) in [6.07, 6.45) is 4.68. The van der Waals surface area contributed by atoms with Crippen LogP contribution in [0, 0.1) is 6.92 Å². The first-order valence-electron chi connectivity index (χ1n) is 9.59. The molecule has 28 heavy (non-hydrogen) atoms. The van der Waals surface area contributed by atoms with Crippen LogP contribution in [0.25, 0.3) is 10.2 Å². The number of nitrogens with zero attached hydrogens (tertiary/aromatic N) is 2. The molecule has 0 spiro atoms. The molecular formula is C21H23N3O2S2. The highest BCUT2D eigenvalue weighted by atomic mass is 32.2. The summed E-state index contributed by atoms with van der Waals surface area (Å²) < 4.78 is 5.59. The molecule has 0 aliphatic heterocycles. The Balaban J connectivity index is 1.53. The van der Waals surface area contributed by atoms with Gasteiger partial charge in [0.05, 0.1) is 18.0 Å². The van der Waals surface area contributed by atoms with Crippen LogP contribution in [0.2, 0.25) is 0 Å². The number of carbonyl (C=O) groups excluding carboxylic acids is 1. The number of nitrogens with one attached hydrogen (secondary N) is 1. The Labute approximate surface area is 172 Å². The third-order valence-electron chi connectivity index (χ3n) is 4.69. The molecule has 5 nitrogen and oxygen atoms in total. The van der Waals surface area contributed by atoms with Gasteiger partial charge in [0, 0.05) is 10.3 Å². The van der Waals surface area contributed by atoms with E-state index in [4.69, 9.17) is 4.74 Å². The molecule has 146 valence electrons. The van der Waals surface area contributed by atoms with E-state index >= 15 is 0 Å². The molecule has 0 radical (unpaired) electrons. The molecule has 3 aromatic rings. The number of hydrogen-bond acceptors (Lipinski definition) is 6. The average molecular weight is 414 g/mol. The first kappa shape index (κ1) is 19.2. The van der Waals surface area contributed by atoms with Gasteiger partial charge in [-0.1, -0.05) is 23.9 Å². The number of benzene rings is 1. The largest absolute Gasteiger partial charge is 0.492 e. The van der Waals surface area contributed by atoms with Gasteiger partial charge in [-0.2, -0.15) is 0 Å². The molecule has 0 unspecified atom stereocenters. The van der Waals surface area contributed by atoms with Crippen molar-refractivity contribution < 1.29 is 9.53 Å². The number of ether oxygens (including phenoxy) is 1. The first-order chi connectivity index (χ1) is 13.7. The van der Waals surface area contributed by atoms with Crippen LogP contribution in [0.3, 0.4) is 0 Å². The van der Waals surface area contributed by atoms with Crippen molar-refractivity contribution in [3.8, 4) is 5.75 Å². The number of anilines is 1. The molecule has 0 saturated heterocycles. The average Bonchev–Trinajstić information content (AvgIpc) is 3.06. The molecule has 0 fully saturated rings. The minimum Gasteiger partial charge on any atom is -0.492 e. The van der Waals surface area contributed by atoms with Gasteiger partial charge < -0.3 is 10.1 Å². The van der Waals surface area contributed by atoms with Crippen LogP contribution in [-0.2, 0) is 17.6 Å². The monoisotopic (exact) mass is 413 g/mol. The van der Waals surface area contributed by atoms with Crippen LogP contribution in [0.15, 0.2) is 29.3 Å². The zero-order valence-electron chi connectivity index (χ0n) is 16.1. The molecule has 2 aromatic heterocycles. The van der Waals surface area contributed by atoms with Gasteiger partial charge in [0.2, 0.25) is 5.91 Å². The molecular weight excluding hydrogens is 390 g/mol. The Morgan fingerprint density at radius 1 is 1.25 bits per heavy atom. The zero-order valence-corrected chi connectivity index (χ0v) is 17.7. The standard InChI is InChI=1S/C21H23N3O2S2/c1-3-26-16-10-6-5-9-15(16)24-18(25)12-27-20-19-14-8-4-7-11-17(14)28-21(19)23-13(2)22-20/h5-6,9-10H,3-4,7-8,11-12H2,1-2H3,(H,24,25). The number of rotatable bonds is 6. The molecule has 1 aromatic carbocycles. The number of thiophene rings is 1. The molecule has 1 aliphatic carbocycles. The number of para-hydroxylation sites is 2. The van der Waals surface area contributed by atoms with Crippen LogP contribution < -0.4 is 10.1 Å². The van der Waals surface area contributed by atoms with E-state index in [-0.39, 0.29) is 5.91 Å². The van der Waals surface area contributed by atoms with Crippen molar-refractivity contribution in [2.45, 2.75) is 44.6 Å². The molecule has 2 heterocycles. The number of carbonyl (C=O) groups is 1. The zero-order chi connectivity index (χ0) is 19.5. The summed E-state index contributed by atoms with van der Waals surface area (Å²) >= 11 is 3.28. The second-order valence-electron chi connectivity index (χ2n) is 6.73. The fraction of sp³-hybridized carbons (Fsp3) is 0.381. The Bertz CT molecular complexity index is 1020. The Kier molecular flexibility index (Phi) is 5.82. The van der Waals surface area contributed by atoms with Gasteiger partial charge in [0.15, 0.2) is 0 Å². The van der Waals surface area contributed by atoms with Gasteiger partial charge in [-0.15, -0.1) is 11.3 Å². The SMILES string of the molecule is CCOc1ccccc1NC(=O)CSc1nc(C)nc2sc3c(c12)CCCC3. The topological polar surface area (TPSA) is 64.1 Å². The summed E-state index contributed by atoms with van der Waals surface area (Å²) in [6, 6.07) is 7.51. The second-order valence-corrected chi connectivity index (χ2v) is 8.78. The second kappa shape index (κ2) is 8.49. The molecule has 0 saturated carbocycles. The van der Waals surface area contributed by atoms with E-state index in [2.05, 4.69) is 15.3 Å². The summed E-state index contributed by atoms with van der Waals surface area (Å²) in [5, 5.41) is 5.05. The summed E-state index contributed by atoms with van der Waals surface area (Å²) in [4.78, 5) is 24.4. The van der Waals surface area contributed by atoms with Gasteiger partial charge in [0.1, 0.15) is 21.4 Å². The fourth-order valence-corrected chi connectivity index (χ4v) is 5.77. The Hall–Kier alpha value is -2.12. The number of hydrogen-bond donors (Lipinski definition) is 1. The molecule has 1 amide bonds. The minimum absolute atomic E-state index is 0.0642. The van der Waals surface area contributed by atoms with Crippen molar-refractivity contribution in [3.05, 3.63) is 40.5 Å². The van der Waals surface area contributed by atoms with Gasteiger partial charge in [-0.25, -0.2) is 9.97 Å². The van der Waals surface area contributed by atoms with Crippen molar-refractivity contribution in [2.75, 3.05) is 17.7 Å². The number of fused-ring (bicyclic) bond motifs is 3. The minimum atomic E-state index is -0.0642. The van der Waals surface area contributed by atoms with Gasteiger partial charge >= 0.3 is 0 Å². The fourth-order valence-electron chi connectivity index (χ4n) is 3.50. The molecule has 1 aliphatic rings. The van der Waals surface area contributed by atoms with E-state index in [9.17, 15) is 4.79 Å². The maximum atomic E-state index is 12.6. The van der Waals surface area contributed by atoms with E-state index in [0.29, 0.717) is 23.8 Å². The Morgan fingerprint density at radius 2 is 2.07 bits per heavy atom. The van der Waals surface area contributed by atoms with E-state index in [1.165, 1.54) is 35.0 Å². The molecule has 4 rings (SSSR count). The third-order valence-corrected chi connectivity index (χ3v) is 6.86. The smallest absolute Gasteiger partial charge is 0.234 e. The maximum absolute atomic E-state index is 12.6. The van der Waals surface area contributed by atoms with E-state index in [0.717, 1.165) is 33.9 Å². The van der Waals surface area contributed by atoms with Crippen molar-refractivity contribution >= 4 is 44.9 Å². The normalized spacial score (nSPS) is 13.4. The lowest BCUT2D eigenvalue weighted by atomic mass is 9.97. The summed E-state index contributed by atoms with van der Waals surface area (Å²) in [5.74, 6) is 1.69. The molecule has 7 heteroatoms. The van der Waals surface area contributed by atoms with Crippen LogP contribution in [0.5, 0.6) is 5.75 Å².